The summed E-state index contributed by atoms with van der Waals surface area (Å²) in [6.45, 7) is 9.63. The Morgan fingerprint density at radius 3 is 1.03 bits per heavy atom. The summed E-state index contributed by atoms with van der Waals surface area (Å²) < 4.78 is 22.9. The monoisotopic (exact) mass is 968 g/mol. The molecule has 0 aliphatic rings. The normalized spacial score (nSPS) is 12.2. The van der Waals surface area contributed by atoms with E-state index in [2.05, 4.69) is 211 Å². The third-order valence-corrected chi connectivity index (χ3v) is 16.0. The Morgan fingerprint density at radius 2 is 0.632 bits per heavy atom. The quantitative estimate of drug-likeness (QED) is 0.165. The molecule has 8 heteroatoms. The molecule has 0 N–H and O–H groups in total. The van der Waals surface area contributed by atoms with E-state index in [0.29, 0.717) is 11.4 Å². The average molecular weight is 969 g/mol. The molecule has 0 radical (unpaired) electrons. The predicted molar refractivity (Wildman–Crippen MR) is 309 cm³/mol. The summed E-state index contributed by atoms with van der Waals surface area (Å²) in [7, 11) is 0. The highest BCUT2D eigenvalue weighted by molar-refractivity contribution is 6.26. The van der Waals surface area contributed by atoms with Gasteiger partial charge in [-0.3, -0.25) is 0 Å². The number of fused-ring (bicyclic) bond motifs is 20. The van der Waals surface area contributed by atoms with E-state index in [4.69, 9.17) is 8.83 Å². The van der Waals surface area contributed by atoms with Crippen LogP contribution in [0.2, 0.25) is 0 Å². The predicted octanol–water partition coefficient (Wildman–Crippen LogP) is 18.3. The van der Waals surface area contributed by atoms with Crippen molar-refractivity contribution in [2.24, 2.45) is 0 Å². The average Bonchev–Trinajstić information content (AvgIpc) is 4.44. The van der Waals surface area contributed by atoms with Crippen molar-refractivity contribution in [2.75, 3.05) is 0 Å². The van der Waals surface area contributed by atoms with Crippen LogP contribution in [0, 0.1) is 17.9 Å². The number of aromatic nitrogens is 4. The molecular formula is C68H36N6O2. The Morgan fingerprint density at radius 1 is 0.316 bits per heavy atom. The Labute approximate surface area is 431 Å². The van der Waals surface area contributed by atoms with E-state index in [9.17, 15) is 11.8 Å². The van der Waals surface area contributed by atoms with Gasteiger partial charge < -0.3 is 27.1 Å². The number of rotatable bonds is 4. The van der Waals surface area contributed by atoms with Gasteiger partial charge in [-0.2, -0.15) is 5.26 Å². The van der Waals surface area contributed by atoms with E-state index in [1.54, 1.807) is 0 Å². The minimum absolute atomic E-state index is 0.210. The van der Waals surface area contributed by atoms with Gasteiger partial charge in [0.2, 0.25) is 5.69 Å². The first-order chi connectivity index (χ1) is 37.7. The first-order valence-corrected chi connectivity index (χ1v) is 25.4. The lowest BCUT2D eigenvalue weighted by Crippen LogP contribution is -2.15. The summed E-state index contributed by atoms with van der Waals surface area (Å²) >= 11 is 0. The summed E-state index contributed by atoms with van der Waals surface area (Å²) in [4.78, 5) is 4.62. The molecule has 11 aromatic carbocycles. The highest BCUT2D eigenvalue weighted by Crippen LogP contribution is 2.53. The SMILES string of the molecule is [C-]#[N+]c1c(C#N)c(-n2c3ccccc3c3c4oc5ccccc5c4ccc32)c(-n2c3ccccc3c3ccccc32)c(-n2c3ccccc3c3ccccc32)c1-n1c2ccccc2c2c3oc4ccccc4c3ccc21. The van der Waals surface area contributed by atoms with Crippen molar-refractivity contribution in [1.82, 2.24) is 18.3 Å². The maximum Gasteiger partial charge on any atom is 0.232 e. The summed E-state index contributed by atoms with van der Waals surface area (Å²) in [6, 6.07) is 78.6. The number of hydrogen-bond acceptors (Lipinski definition) is 3. The van der Waals surface area contributed by atoms with Crippen molar-refractivity contribution in [1.29, 1.82) is 5.26 Å². The van der Waals surface area contributed by atoms with Gasteiger partial charge in [0, 0.05) is 53.9 Å². The minimum Gasteiger partial charge on any atom is -0.455 e. The molecule has 76 heavy (non-hydrogen) atoms. The highest BCUT2D eigenvalue weighted by Gasteiger charge is 2.35. The molecule has 0 spiro atoms. The Kier molecular flexibility index (Phi) is 7.99. The maximum absolute atomic E-state index is 12.4. The van der Waals surface area contributed by atoms with Crippen molar-refractivity contribution >= 4 is 137 Å². The van der Waals surface area contributed by atoms with Crippen LogP contribution in [0.25, 0.3) is 159 Å². The second-order valence-electron chi connectivity index (χ2n) is 19.7. The zero-order valence-corrected chi connectivity index (χ0v) is 40.3. The molecule has 0 saturated carbocycles. The molecule has 17 rings (SSSR count). The highest BCUT2D eigenvalue weighted by atomic mass is 16.3. The molecule has 8 nitrogen and oxygen atoms in total. The molecule has 0 aliphatic heterocycles. The molecule has 0 atom stereocenters. The van der Waals surface area contributed by atoms with Crippen molar-refractivity contribution in [2.45, 2.75) is 0 Å². The third kappa shape index (κ3) is 5.09. The van der Waals surface area contributed by atoms with Crippen LogP contribution >= 0.6 is 0 Å². The molecule has 0 unspecified atom stereocenters. The largest absolute Gasteiger partial charge is 0.455 e. The lowest BCUT2D eigenvalue weighted by Gasteiger charge is -2.28. The van der Waals surface area contributed by atoms with E-state index in [1.165, 1.54) is 0 Å². The fraction of sp³-hybridized carbons (Fsp3) is 0. The van der Waals surface area contributed by atoms with Crippen LogP contribution in [0.5, 0.6) is 0 Å². The van der Waals surface area contributed by atoms with E-state index in [1.807, 2.05) is 36.4 Å². The Bertz CT molecular complexity index is 5070. The van der Waals surface area contributed by atoms with Crippen molar-refractivity contribution in [3.05, 3.63) is 235 Å². The van der Waals surface area contributed by atoms with Gasteiger partial charge in [-0.05, 0) is 72.8 Å². The van der Waals surface area contributed by atoms with Crippen LogP contribution in [0.4, 0.5) is 5.69 Å². The van der Waals surface area contributed by atoms with Gasteiger partial charge in [-0.15, -0.1) is 0 Å². The fourth-order valence-electron chi connectivity index (χ4n) is 13.0. The number of nitriles is 1. The molecule has 0 saturated heterocycles. The van der Waals surface area contributed by atoms with Gasteiger partial charge in [0.25, 0.3) is 0 Å². The fourth-order valence-corrected chi connectivity index (χ4v) is 13.0. The Balaban J connectivity index is 1.19. The second kappa shape index (κ2) is 14.9. The molecule has 0 amide bonds. The van der Waals surface area contributed by atoms with Gasteiger partial charge >= 0.3 is 0 Å². The smallest absolute Gasteiger partial charge is 0.232 e. The van der Waals surface area contributed by atoms with Crippen molar-refractivity contribution in [3.63, 3.8) is 0 Å². The summed E-state index contributed by atoms with van der Waals surface area (Å²) in [6.07, 6.45) is 0. The number of para-hydroxylation sites is 8. The molecule has 350 valence electrons. The van der Waals surface area contributed by atoms with E-state index in [0.717, 1.165) is 142 Å². The van der Waals surface area contributed by atoms with Gasteiger partial charge in [0.1, 0.15) is 22.3 Å². The molecule has 0 aliphatic carbocycles. The molecule has 0 bridgehead atoms. The summed E-state index contributed by atoms with van der Waals surface area (Å²) in [5, 5.41) is 24.4. The van der Waals surface area contributed by atoms with Crippen molar-refractivity contribution in [3.8, 4) is 28.8 Å². The first-order valence-electron chi connectivity index (χ1n) is 25.4. The minimum atomic E-state index is 0.210. The lowest BCUT2D eigenvalue weighted by atomic mass is 10.0. The van der Waals surface area contributed by atoms with Crippen LogP contribution in [-0.4, -0.2) is 18.3 Å². The number of nitrogens with zero attached hydrogens (tertiary/aromatic N) is 6. The van der Waals surface area contributed by atoms with Gasteiger partial charge in [-0.25, -0.2) is 4.85 Å². The topological polar surface area (TPSA) is 74.2 Å². The molecule has 0 fully saturated rings. The van der Waals surface area contributed by atoms with Crippen LogP contribution in [0.3, 0.4) is 0 Å². The molecule has 6 aromatic heterocycles. The van der Waals surface area contributed by atoms with Crippen LogP contribution in [0.1, 0.15) is 5.56 Å². The van der Waals surface area contributed by atoms with E-state index < -0.39 is 0 Å². The third-order valence-electron chi connectivity index (χ3n) is 16.0. The first kappa shape index (κ1) is 40.8. The zero-order valence-electron chi connectivity index (χ0n) is 40.3. The Hall–Kier alpha value is -10.8. The van der Waals surface area contributed by atoms with Crippen LogP contribution < -0.4 is 0 Å². The zero-order chi connectivity index (χ0) is 49.9. The standard InChI is InChI=1S/C68H36N6O2/c1-70-62-49(38-69)63(73-54-30-14-6-24-47(54)60-56(73)36-34-45-43-22-8-16-32-58(43)75-67(45)60)65(71-50-26-10-2-18-39(50)40-19-3-11-27-51(40)71)66(72-52-28-12-4-20-41(52)42-21-5-13-29-53(42)72)64(62)74-55-31-15-7-25-48(55)61-57(74)37-35-46-44-23-9-17-33-59(44)76-68(46)61/h2-37H. The molecular weight excluding hydrogens is 933 g/mol. The number of hydrogen-bond donors (Lipinski definition) is 0. The molecule has 17 aromatic rings. The van der Waals surface area contributed by atoms with Crippen LogP contribution in [0.15, 0.2) is 227 Å². The number of benzene rings is 11. The van der Waals surface area contributed by atoms with Crippen molar-refractivity contribution < 1.29 is 8.83 Å². The second-order valence-corrected chi connectivity index (χ2v) is 19.7. The summed E-state index contributed by atoms with van der Waals surface area (Å²) in [5.74, 6) is 0. The lowest BCUT2D eigenvalue weighted by molar-refractivity contribution is 0.672. The van der Waals surface area contributed by atoms with Crippen LogP contribution in [-0.2, 0) is 0 Å². The van der Waals surface area contributed by atoms with E-state index in [-0.39, 0.29) is 11.3 Å². The number of furan rings is 2. The van der Waals surface area contributed by atoms with Gasteiger partial charge in [0.05, 0.1) is 95.9 Å². The van der Waals surface area contributed by atoms with Gasteiger partial charge in [-0.1, -0.05) is 146 Å². The van der Waals surface area contributed by atoms with E-state index >= 15 is 0 Å². The molecule has 6 heterocycles. The summed E-state index contributed by atoms with van der Waals surface area (Å²) in [5.41, 5.74) is 13.4. The maximum atomic E-state index is 12.4. The van der Waals surface area contributed by atoms with Gasteiger partial charge in [0.15, 0.2) is 0 Å².